The number of hydrogen-bond acceptors (Lipinski definition) is 4. The van der Waals surface area contributed by atoms with E-state index in [0.717, 1.165) is 29.0 Å². The van der Waals surface area contributed by atoms with Crippen LogP contribution in [0.1, 0.15) is 42.0 Å². The van der Waals surface area contributed by atoms with Gasteiger partial charge < -0.3 is 20.1 Å². The van der Waals surface area contributed by atoms with Crippen molar-refractivity contribution >= 4 is 36.7 Å². The van der Waals surface area contributed by atoms with E-state index in [1.54, 1.807) is 0 Å². The highest BCUT2D eigenvalue weighted by molar-refractivity contribution is 6.88. The fraction of sp³-hybridized carbons (Fsp3) is 0.423. The molecule has 4 rings (SSSR count). The minimum Gasteiger partial charge on any atom is -0.493 e. The topological polar surface area (TPSA) is 95.9 Å². The summed E-state index contributed by atoms with van der Waals surface area (Å²) in [5.74, 6) is -2.57. The van der Waals surface area contributed by atoms with Crippen molar-refractivity contribution < 1.29 is 33.0 Å². The van der Waals surface area contributed by atoms with Crippen LogP contribution in [0.2, 0.25) is 19.6 Å². The molecule has 2 aromatic rings. The van der Waals surface area contributed by atoms with Gasteiger partial charge in [0.15, 0.2) is 0 Å². The lowest BCUT2D eigenvalue weighted by Crippen LogP contribution is -2.45. The molecule has 0 saturated heterocycles. The molecule has 2 aliphatic rings. The van der Waals surface area contributed by atoms with Crippen LogP contribution in [0.4, 0.5) is 14.5 Å². The van der Waals surface area contributed by atoms with Crippen molar-refractivity contribution in [2.75, 3.05) is 18.5 Å². The number of carboxylic acid groups (broad SMARTS) is 1. The highest BCUT2D eigenvalue weighted by Gasteiger charge is 2.37. The number of hydrogen-bond donors (Lipinski definition) is 2. The molecule has 36 heavy (non-hydrogen) atoms. The largest absolute Gasteiger partial charge is 0.493 e. The van der Waals surface area contributed by atoms with Crippen molar-refractivity contribution in [3.05, 3.63) is 52.6 Å². The molecular weight excluding hydrogens is 486 g/mol. The van der Waals surface area contributed by atoms with E-state index < -0.39 is 37.6 Å². The van der Waals surface area contributed by atoms with E-state index in [2.05, 4.69) is 5.32 Å². The maximum Gasteiger partial charge on any atom is 0.303 e. The fourth-order valence-corrected chi connectivity index (χ4v) is 6.53. The first-order chi connectivity index (χ1) is 17.0. The number of benzene rings is 2. The molecule has 2 heterocycles. The van der Waals surface area contributed by atoms with Gasteiger partial charge >= 0.3 is 5.97 Å². The van der Waals surface area contributed by atoms with Crippen LogP contribution in [0.15, 0.2) is 24.3 Å². The number of amides is 2. The second-order valence-electron chi connectivity index (χ2n) is 10.3. The highest BCUT2D eigenvalue weighted by Crippen LogP contribution is 2.38. The summed E-state index contributed by atoms with van der Waals surface area (Å²) in [6.07, 6.45) is 1.17. The highest BCUT2D eigenvalue weighted by atomic mass is 28.3. The molecule has 0 saturated carbocycles. The van der Waals surface area contributed by atoms with Gasteiger partial charge in [0.1, 0.15) is 23.4 Å². The van der Waals surface area contributed by atoms with Gasteiger partial charge in [0.05, 0.1) is 14.7 Å². The average Bonchev–Trinajstić information content (AvgIpc) is 3.22. The van der Waals surface area contributed by atoms with E-state index in [-0.39, 0.29) is 42.6 Å². The summed E-state index contributed by atoms with van der Waals surface area (Å²) >= 11 is 0. The fourth-order valence-electron chi connectivity index (χ4n) is 4.95. The Balaban J connectivity index is 1.66. The van der Waals surface area contributed by atoms with Crippen molar-refractivity contribution in [3.63, 3.8) is 0 Å². The molecule has 2 amide bonds. The molecule has 2 aromatic carbocycles. The minimum absolute atomic E-state index is 0.0202. The van der Waals surface area contributed by atoms with Crippen molar-refractivity contribution in [2.45, 2.75) is 57.8 Å². The van der Waals surface area contributed by atoms with E-state index >= 15 is 0 Å². The second-order valence-corrected chi connectivity index (χ2v) is 15.3. The zero-order chi connectivity index (χ0) is 26.2. The normalized spacial score (nSPS) is 16.7. The SMILES string of the molecule is C[Si](C)(C)c1c(F)cc(NC(=O)[C@H]2c3cc4c(cc3CCN2C(=O)CCCC(=O)O)OCC4)cc1F. The molecule has 0 aliphatic carbocycles. The standard InChI is InChI=1S/C26H30F2N2O5Si/c1-36(2,3)25-19(27)13-17(14-20(25)28)29-26(34)24-18-11-16-8-10-35-21(16)12-15(18)7-9-30(24)22(31)5-4-6-23(32)33/h11-14,24H,4-10H2,1-3H3,(H,29,34)(H,32,33)/t24-/m1/s1. The van der Waals surface area contributed by atoms with Gasteiger partial charge in [0, 0.05) is 36.7 Å². The van der Waals surface area contributed by atoms with Crippen LogP contribution < -0.4 is 15.2 Å². The molecule has 0 spiro atoms. The Morgan fingerprint density at radius 2 is 1.75 bits per heavy atom. The maximum absolute atomic E-state index is 14.8. The number of carbonyl (C=O) groups is 3. The van der Waals surface area contributed by atoms with Crippen LogP contribution in [0.25, 0.3) is 0 Å². The number of anilines is 1. The van der Waals surface area contributed by atoms with Crippen LogP contribution in [0.3, 0.4) is 0 Å². The van der Waals surface area contributed by atoms with E-state index in [9.17, 15) is 23.2 Å². The lowest BCUT2D eigenvalue weighted by Gasteiger charge is -2.37. The summed E-state index contributed by atoms with van der Waals surface area (Å²) in [6, 6.07) is 4.99. The van der Waals surface area contributed by atoms with Crippen LogP contribution >= 0.6 is 0 Å². The van der Waals surface area contributed by atoms with Crippen LogP contribution in [0.5, 0.6) is 5.75 Å². The first-order valence-electron chi connectivity index (χ1n) is 12.1. The Hall–Kier alpha value is -3.27. The van der Waals surface area contributed by atoms with Crippen molar-refractivity contribution in [1.82, 2.24) is 4.90 Å². The summed E-state index contributed by atoms with van der Waals surface area (Å²) in [5.41, 5.74) is 2.43. The van der Waals surface area contributed by atoms with E-state index in [1.807, 2.05) is 31.8 Å². The van der Waals surface area contributed by atoms with E-state index in [0.29, 0.717) is 25.0 Å². The maximum atomic E-state index is 14.8. The molecule has 7 nitrogen and oxygen atoms in total. The van der Waals surface area contributed by atoms with Crippen LogP contribution in [0, 0.1) is 11.6 Å². The van der Waals surface area contributed by atoms with Gasteiger partial charge in [-0.05, 0) is 53.8 Å². The summed E-state index contributed by atoms with van der Waals surface area (Å²) in [5, 5.41) is 11.6. The smallest absolute Gasteiger partial charge is 0.303 e. The lowest BCUT2D eigenvalue weighted by molar-refractivity contribution is -0.140. The summed E-state index contributed by atoms with van der Waals surface area (Å²) in [7, 11) is -2.29. The summed E-state index contributed by atoms with van der Waals surface area (Å²) in [4.78, 5) is 39.0. The lowest BCUT2D eigenvalue weighted by atomic mass is 9.89. The van der Waals surface area contributed by atoms with Crippen LogP contribution in [-0.2, 0) is 27.2 Å². The molecule has 0 fully saturated rings. The molecule has 192 valence electrons. The zero-order valence-corrected chi connectivity index (χ0v) is 21.6. The number of aliphatic carboxylic acids is 1. The second kappa shape index (κ2) is 10.0. The third-order valence-electron chi connectivity index (χ3n) is 6.59. The third-order valence-corrected chi connectivity index (χ3v) is 8.57. The van der Waals surface area contributed by atoms with Gasteiger partial charge in [-0.25, -0.2) is 8.78 Å². The molecule has 0 radical (unpaired) electrons. The van der Waals surface area contributed by atoms with E-state index in [4.69, 9.17) is 9.84 Å². The molecule has 0 aromatic heterocycles. The number of ether oxygens (including phenoxy) is 1. The molecule has 0 unspecified atom stereocenters. The predicted molar refractivity (Wildman–Crippen MR) is 133 cm³/mol. The number of nitrogens with one attached hydrogen (secondary N) is 1. The van der Waals surface area contributed by atoms with E-state index in [1.165, 1.54) is 4.90 Å². The minimum atomic E-state index is -2.29. The quantitative estimate of drug-likeness (QED) is 0.547. The number of fused-ring (bicyclic) bond motifs is 2. The zero-order valence-electron chi connectivity index (χ0n) is 20.6. The van der Waals surface area contributed by atoms with Gasteiger partial charge in [-0.2, -0.15) is 0 Å². The predicted octanol–water partition coefficient (Wildman–Crippen LogP) is 3.76. The Bertz CT molecular complexity index is 1200. The monoisotopic (exact) mass is 516 g/mol. The number of carboxylic acids is 1. The Morgan fingerprint density at radius 3 is 2.39 bits per heavy atom. The number of halogens is 2. The molecule has 2 N–H and O–H groups in total. The van der Waals surface area contributed by atoms with Gasteiger partial charge in [-0.3, -0.25) is 14.4 Å². The molecule has 10 heteroatoms. The van der Waals surface area contributed by atoms with Crippen molar-refractivity contribution in [2.24, 2.45) is 0 Å². The Kier molecular flexibility index (Phi) is 7.17. The molecule has 2 aliphatic heterocycles. The first-order valence-corrected chi connectivity index (χ1v) is 15.6. The van der Waals surface area contributed by atoms with Crippen molar-refractivity contribution in [1.29, 1.82) is 0 Å². The van der Waals surface area contributed by atoms with Crippen molar-refractivity contribution in [3.8, 4) is 5.75 Å². The number of rotatable bonds is 7. The van der Waals surface area contributed by atoms with Gasteiger partial charge in [-0.15, -0.1) is 0 Å². The Morgan fingerprint density at radius 1 is 1.06 bits per heavy atom. The third kappa shape index (κ3) is 5.28. The average molecular weight is 517 g/mol. The number of carbonyl (C=O) groups excluding carboxylic acids is 2. The Labute approximate surface area is 209 Å². The number of nitrogens with zero attached hydrogens (tertiary/aromatic N) is 1. The van der Waals surface area contributed by atoms with Gasteiger partial charge in [-0.1, -0.05) is 19.6 Å². The molecule has 1 atom stereocenters. The van der Waals surface area contributed by atoms with Crippen LogP contribution in [-0.4, -0.2) is 49.0 Å². The first kappa shape index (κ1) is 25.8. The summed E-state index contributed by atoms with van der Waals surface area (Å²) in [6.45, 7) is 6.30. The van der Waals surface area contributed by atoms with Gasteiger partial charge in [0.2, 0.25) is 5.91 Å². The molecule has 0 bridgehead atoms. The van der Waals surface area contributed by atoms with Gasteiger partial charge in [0.25, 0.3) is 5.91 Å². The molecular formula is C26H30F2N2O5Si. The summed E-state index contributed by atoms with van der Waals surface area (Å²) < 4.78 is 35.3.